The number of nitrogens with one attached hydrogen (secondary N) is 1. The van der Waals surface area contributed by atoms with Crippen LogP contribution in [0.25, 0.3) is 6.08 Å². The Labute approximate surface area is 179 Å². The van der Waals surface area contributed by atoms with Crippen LogP contribution >= 0.6 is 23.1 Å². The summed E-state index contributed by atoms with van der Waals surface area (Å²) in [6.07, 6.45) is 4.15. The molecular formula is C22H23N3O2S2. The summed E-state index contributed by atoms with van der Waals surface area (Å²) in [6, 6.07) is 17.9. The topological polar surface area (TPSA) is 64.1 Å². The number of aromatic nitrogens is 2. The minimum Gasteiger partial charge on any atom is -0.484 e. The summed E-state index contributed by atoms with van der Waals surface area (Å²) in [4.78, 5) is 12.1. The molecule has 1 heterocycles. The average molecular weight is 426 g/mol. The molecule has 0 unspecified atom stereocenters. The van der Waals surface area contributed by atoms with Crippen LogP contribution in [0, 0.1) is 0 Å². The van der Waals surface area contributed by atoms with Crippen LogP contribution in [0.5, 0.6) is 5.75 Å². The molecule has 2 aromatic carbocycles. The van der Waals surface area contributed by atoms with E-state index in [1.54, 1.807) is 11.8 Å². The molecule has 29 heavy (non-hydrogen) atoms. The zero-order valence-electron chi connectivity index (χ0n) is 16.4. The molecule has 0 aliphatic rings. The summed E-state index contributed by atoms with van der Waals surface area (Å²) in [5, 5.41) is 11.3. The van der Waals surface area contributed by atoms with Crippen LogP contribution in [-0.2, 0) is 4.79 Å². The van der Waals surface area contributed by atoms with E-state index in [0.29, 0.717) is 16.8 Å². The van der Waals surface area contributed by atoms with Crippen LogP contribution < -0.4 is 10.1 Å². The Hall–Kier alpha value is -2.64. The normalized spacial score (nSPS) is 11.1. The minimum atomic E-state index is -0.255. The van der Waals surface area contributed by atoms with Gasteiger partial charge < -0.3 is 4.74 Å². The van der Waals surface area contributed by atoms with E-state index in [1.807, 2.05) is 42.5 Å². The van der Waals surface area contributed by atoms with E-state index >= 15 is 0 Å². The van der Waals surface area contributed by atoms with Gasteiger partial charge in [0.25, 0.3) is 5.91 Å². The molecule has 0 bridgehead atoms. The second-order valence-corrected chi connectivity index (χ2v) is 8.80. The fourth-order valence-corrected chi connectivity index (χ4v) is 4.04. The van der Waals surface area contributed by atoms with Crippen molar-refractivity contribution < 1.29 is 9.53 Å². The summed E-state index contributed by atoms with van der Waals surface area (Å²) >= 11 is 2.93. The van der Waals surface area contributed by atoms with Gasteiger partial charge in [-0.15, -0.1) is 10.2 Å². The smallest absolute Gasteiger partial charge is 0.264 e. The Kier molecular flexibility index (Phi) is 7.84. The van der Waals surface area contributed by atoms with Gasteiger partial charge in [0.15, 0.2) is 10.9 Å². The highest BCUT2D eigenvalue weighted by Crippen LogP contribution is 2.25. The largest absolute Gasteiger partial charge is 0.484 e. The summed E-state index contributed by atoms with van der Waals surface area (Å²) in [7, 11) is 0. The van der Waals surface area contributed by atoms with E-state index < -0.39 is 0 Å². The number of nitrogens with zero attached hydrogens (tertiary/aromatic N) is 2. The second-order valence-electron chi connectivity index (χ2n) is 6.56. The van der Waals surface area contributed by atoms with Gasteiger partial charge in [-0.25, -0.2) is 0 Å². The Balaban J connectivity index is 1.41. The predicted molar refractivity (Wildman–Crippen MR) is 121 cm³/mol. The maximum Gasteiger partial charge on any atom is 0.264 e. The molecule has 0 fully saturated rings. The van der Waals surface area contributed by atoms with Crippen molar-refractivity contribution in [3.05, 3.63) is 71.8 Å². The molecule has 0 atom stereocenters. The zero-order valence-corrected chi connectivity index (χ0v) is 18.0. The Morgan fingerprint density at radius 2 is 1.90 bits per heavy atom. The quantitative estimate of drug-likeness (QED) is 0.363. The molecule has 1 amide bonds. The molecule has 1 aromatic heterocycles. The number of thioether (sulfide) groups is 1. The Morgan fingerprint density at radius 3 is 2.62 bits per heavy atom. The van der Waals surface area contributed by atoms with Crippen molar-refractivity contribution >= 4 is 40.2 Å². The lowest BCUT2D eigenvalue weighted by Crippen LogP contribution is -2.20. The molecule has 0 saturated carbocycles. The van der Waals surface area contributed by atoms with Crippen LogP contribution in [0.2, 0.25) is 0 Å². The highest BCUT2D eigenvalue weighted by molar-refractivity contribution is 8.01. The van der Waals surface area contributed by atoms with E-state index in [1.165, 1.54) is 16.9 Å². The first-order valence-corrected chi connectivity index (χ1v) is 11.1. The number of carbonyl (C=O) groups excluding carboxylic acids is 1. The number of carbonyl (C=O) groups is 1. The number of anilines is 1. The third-order valence-corrected chi connectivity index (χ3v) is 5.91. The molecule has 3 aromatic rings. The van der Waals surface area contributed by atoms with Gasteiger partial charge in [0.05, 0.1) is 0 Å². The fraction of sp³-hybridized carbons (Fsp3) is 0.227. The van der Waals surface area contributed by atoms with Crippen LogP contribution in [0.4, 0.5) is 5.13 Å². The van der Waals surface area contributed by atoms with E-state index in [4.69, 9.17) is 4.74 Å². The SMILES string of the molecule is CC(C)c1ccc(OCC(=O)Nc2nnc(SCC=Cc3ccccc3)s2)cc1. The number of rotatable bonds is 9. The highest BCUT2D eigenvalue weighted by Gasteiger charge is 2.09. The molecule has 1 N–H and O–H groups in total. The van der Waals surface area contributed by atoms with Gasteiger partial charge in [-0.05, 0) is 29.2 Å². The van der Waals surface area contributed by atoms with Crippen molar-refractivity contribution in [3.8, 4) is 5.75 Å². The molecule has 7 heteroatoms. The third kappa shape index (κ3) is 7.03. The maximum absolute atomic E-state index is 12.1. The van der Waals surface area contributed by atoms with E-state index in [0.717, 1.165) is 15.7 Å². The monoisotopic (exact) mass is 425 g/mol. The van der Waals surface area contributed by atoms with Gasteiger partial charge in [0.1, 0.15) is 5.75 Å². The first kappa shape index (κ1) is 21.1. The number of benzene rings is 2. The van der Waals surface area contributed by atoms with Crippen LogP contribution in [0.3, 0.4) is 0 Å². The molecule has 0 saturated heterocycles. The summed E-state index contributed by atoms with van der Waals surface area (Å²) < 4.78 is 6.34. The van der Waals surface area contributed by atoms with Crippen molar-refractivity contribution in [2.24, 2.45) is 0 Å². The van der Waals surface area contributed by atoms with Gasteiger partial charge in [-0.2, -0.15) is 0 Å². The summed E-state index contributed by atoms with van der Waals surface area (Å²) in [5.74, 6) is 1.66. The summed E-state index contributed by atoms with van der Waals surface area (Å²) in [5.41, 5.74) is 2.40. The van der Waals surface area contributed by atoms with Crippen molar-refractivity contribution in [3.63, 3.8) is 0 Å². The van der Waals surface area contributed by atoms with Crippen molar-refractivity contribution in [2.45, 2.75) is 24.1 Å². The molecule has 0 aliphatic heterocycles. The van der Waals surface area contributed by atoms with Crippen LogP contribution in [0.1, 0.15) is 30.9 Å². The second kappa shape index (κ2) is 10.8. The molecule has 0 spiro atoms. The molecule has 5 nitrogen and oxygen atoms in total. The summed E-state index contributed by atoms with van der Waals surface area (Å²) in [6.45, 7) is 4.21. The molecular weight excluding hydrogens is 402 g/mol. The lowest BCUT2D eigenvalue weighted by Gasteiger charge is -2.08. The van der Waals surface area contributed by atoms with Gasteiger partial charge in [0, 0.05) is 5.75 Å². The average Bonchev–Trinajstić information content (AvgIpc) is 3.18. The van der Waals surface area contributed by atoms with Crippen LogP contribution in [-0.4, -0.2) is 28.5 Å². The number of amides is 1. The van der Waals surface area contributed by atoms with E-state index in [2.05, 4.69) is 53.6 Å². The lowest BCUT2D eigenvalue weighted by molar-refractivity contribution is -0.118. The Bertz CT molecular complexity index is 938. The fourth-order valence-electron chi connectivity index (χ4n) is 2.44. The predicted octanol–water partition coefficient (Wildman–Crippen LogP) is 5.48. The first-order chi connectivity index (χ1) is 14.1. The van der Waals surface area contributed by atoms with Gasteiger partial charge >= 0.3 is 0 Å². The van der Waals surface area contributed by atoms with E-state index in [-0.39, 0.29) is 12.5 Å². The van der Waals surface area contributed by atoms with Crippen molar-refractivity contribution in [2.75, 3.05) is 17.7 Å². The third-order valence-electron chi connectivity index (χ3n) is 3.98. The molecule has 150 valence electrons. The molecule has 0 radical (unpaired) electrons. The van der Waals surface area contributed by atoms with E-state index in [9.17, 15) is 4.79 Å². The first-order valence-electron chi connectivity index (χ1n) is 9.30. The maximum atomic E-state index is 12.1. The minimum absolute atomic E-state index is 0.0666. The number of hydrogen-bond acceptors (Lipinski definition) is 6. The molecule has 0 aliphatic carbocycles. The number of ether oxygens (including phenoxy) is 1. The lowest BCUT2D eigenvalue weighted by atomic mass is 10.0. The standard InChI is InChI=1S/C22H23N3O2S2/c1-16(2)18-10-12-19(13-11-18)27-15-20(26)23-21-24-25-22(29-21)28-14-6-9-17-7-4-3-5-8-17/h3-13,16H,14-15H2,1-2H3,(H,23,24,26). The van der Waals surface area contributed by atoms with Crippen LogP contribution in [0.15, 0.2) is 65.0 Å². The Morgan fingerprint density at radius 1 is 1.14 bits per heavy atom. The van der Waals surface area contributed by atoms with Crippen molar-refractivity contribution in [1.29, 1.82) is 0 Å². The van der Waals surface area contributed by atoms with Crippen molar-refractivity contribution in [1.82, 2.24) is 10.2 Å². The highest BCUT2D eigenvalue weighted by atomic mass is 32.2. The van der Waals surface area contributed by atoms with Gasteiger partial charge in [-0.1, -0.05) is 91.6 Å². The van der Waals surface area contributed by atoms with Gasteiger partial charge in [0.2, 0.25) is 5.13 Å². The number of hydrogen-bond donors (Lipinski definition) is 1. The van der Waals surface area contributed by atoms with Gasteiger partial charge in [-0.3, -0.25) is 10.1 Å². The zero-order chi connectivity index (χ0) is 20.5. The molecule has 3 rings (SSSR count).